The number of para-hydroxylation sites is 1. The highest BCUT2D eigenvalue weighted by Crippen LogP contribution is 2.32. The van der Waals surface area contributed by atoms with Crippen LogP contribution in [0.25, 0.3) is 16.7 Å². The van der Waals surface area contributed by atoms with Crippen molar-refractivity contribution >= 4 is 16.7 Å². The van der Waals surface area contributed by atoms with E-state index in [-0.39, 0.29) is 0 Å². The molecule has 122 valence electrons. The predicted molar refractivity (Wildman–Crippen MR) is 95.9 cm³/mol. The van der Waals surface area contributed by atoms with Gasteiger partial charge >= 0.3 is 0 Å². The second kappa shape index (κ2) is 5.66. The number of hydrogen-bond acceptors (Lipinski definition) is 5. The van der Waals surface area contributed by atoms with Crippen LogP contribution in [0.2, 0.25) is 0 Å². The summed E-state index contributed by atoms with van der Waals surface area (Å²) in [7, 11) is 0. The molecule has 0 atom stereocenters. The molecule has 4 heterocycles. The van der Waals surface area contributed by atoms with Gasteiger partial charge in [0.2, 0.25) is 0 Å². The average molecular weight is 328 g/mol. The highest BCUT2D eigenvalue weighted by Gasteiger charge is 2.32. The van der Waals surface area contributed by atoms with E-state index in [2.05, 4.69) is 44.2 Å². The van der Waals surface area contributed by atoms with Gasteiger partial charge in [-0.3, -0.25) is 4.98 Å². The Morgan fingerprint density at radius 1 is 0.880 bits per heavy atom. The van der Waals surface area contributed by atoms with E-state index in [4.69, 9.17) is 4.98 Å². The second-order valence-electron chi connectivity index (χ2n) is 6.18. The number of pyridine rings is 1. The number of nitrogens with zero attached hydrogens (tertiary/aromatic N) is 6. The zero-order chi connectivity index (χ0) is 16.6. The summed E-state index contributed by atoms with van der Waals surface area (Å²) in [6.45, 7) is 1.77. The molecule has 0 aliphatic carbocycles. The Hall–Kier alpha value is -3.28. The van der Waals surface area contributed by atoms with E-state index in [0.29, 0.717) is 5.92 Å². The first-order valence-electron chi connectivity index (χ1n) is 8.30. The fraction of sp³-hybridized carbons (Fsp3) is 0.158. The minimum Gasteiger partial charge on any atom is -0.355 e. The van der Waals surface area contributed by atoms with Crippen molar-refractivity contribution in [1.82, 2.24) is 24.7 Å². The molecule has 6 nitrogen and oxygen atoms in total. The third-order valence-electron chi connectivity index (χ3n) is 4.60. The first kappa shape index (κ1) is 14.1. The highest BCUT2D eigenvalue weighted by atomic mass is 15.3. The van der Waals surface area contributed by atoms with Crippen molar-refractivity contribution < 1.29 is 0 Å². The molecule has 1 aromatic carbocycles. The van der Waals surface area contributed by atoms with Crippen LogP contribution in [-0.4, -0.2) is 37.8 Å². The zero-order valence-electron chi connectivity index (χ0n) is 13.5. The van der Waals surface area contributed by atoms with E-state index in [0.717, 1.165) is 35.9 Å². The quantitative estimate of drug-likeness (QED) is 0.579. The molecule has 4 aromatic rings. The maximum atomic E-state index is 4.77. The number of fused-ring (bicyclic) bond motifs is 1. The van der Waals surface area contributed by atoms with Gasteiger partial charge in [0.15, 0.2) is 5.82 Å². The van der Waals surface area contributed by atoms with E-state index >= 15 is 0 Å². The van der Waals surface area contributed by atoms with Crippen LogP contribution in [0.15, 0.2) is 67.3 Å². The maximum absolute atomic E-state index is 4.77. The Bertz CT molecular complexity index is 1020. The predicted octanol–water partition coefficient (Wildman–Crippen LogP) is 2.81. The molecule has 1 saturated heterocycles. The fourth-order valence-corrected chi connectivity index (χ4v) is 3.27. The van der Waals surface area contributed by atoms with Gasteiger partial charge in [-0.05, 0) is 24.3 Å². The molecular formula is C19H16N6. The summed E-state index contributed by atoms with van der Waals surface area (Å²) in [5, 5.41) is 5.45. The van der Waals surface area contributed by atoms with Crippen LogP contribution in [-0.2, 0) is 0 Å². The monoisotopic (exact) mass is 328 g/mol. The molecule has 0 unspecified atom stereocenters. The number of anilines is 1. The van der Waals surface area contributed by atoms with E-state index in [1.165, 1.54) is 5.39 Å². The lowest BCUT2D eigenvalue weighted by Gasteiger charge is -2.40. The van der Waals surface area contributed by atoms with Gasteiger partial charge in [-0.2, -0.15) is 5.10 Å². The molecule has 3 aromatic heterocycles. The summed E-state index contributed by atoms with van der Waals surface area (Å²) in [4.78, 5) is 16.1. The first-order valence-corrected chi connectivity index (χ1v) is 8.30. The average Bonchev–Trinajstić information content (AvgIpc) is 3.15. The topological polar surface area (TPSA) is 59.7 Å². The van der Waals surface area contributed by atoms with Crippen LogP contribution in [0.3, 0.4) is 0 Å². The molecule has 1 aliphatic rings. The third-order valence-corrected chi connectivity index (χ3v) is 4.60. The van der Waals surface area contributed by atoms with Gasteiger partial charge < -0.3 is 4.90 Å². The van der Waals surface area contributed by atoms with Gasteiger partial charge in [0, 0.05) is 49.2 Å². The maximum Gasteiger partial charge on any atom is 0.175 e. The van der Waals surface area contributed by atoms with Crippen molar-refractivity contribution in [3.8, 4) is 5.82 Å². The number of hydrogen-bond donors (Lipinski definition) is 0. The van der Waals surface area contributed by atoms with E-state index in [1.807, 2.05) is 24.4 Å². The summed E-state index contributed by atoms with van der Waals surface area (Å²) >= 11 is 0. The highest BCUT2D eigenvalue weighted by molar-refractivity contribution is 5.80. The van der Waals surface area contributed by atoms with Crippen molar-refractivity contribution in [2.45, 2.75) is 5.92 Å². The molecule has 0 radical (unpaired) electrons. The van der Waals surface area contributed by atoms with Crippen LogP contribution in [0.1, 0.15) is 11.6 Å². The van der Waals surface area contributed by atoms with Gasteiger partial charge in [0.05, 0.1) is 11.2 Å². The van der Waals surface area contributed by atoms with Crippen LogP contribution < -0.4 is 4.90 Å². The second-order valence-corrected chi connectivity index (χ2v) is 6.18. The van der Waals surface area contributed by atoms with Gasteiger partial charge in [-0.25, -0.2) is 14.6 Å². The number of aromatic nitrogens is 5. The summed E-state index contributed by atoms with van der Waals surface area (Å²) in [6.07, 6.45) is 7.11. The molecule has 1 aliphatic heterocycles. The molecule has 25 heavy (non-hydrogen) atoms. The van der Waals surface area contributed by atoms with Crippen LogP contribution in [0.5, 0.6) is 0 Å². The standard InChI is InChI=1S/C19H16N6/c1-2-5-16-14(4-1)6-7-17(23-16)24-12-15(13-24)18-19(21-10-9-20-18)25-11-3-8-22-25/h1-11,15H,12-13H2. The van der Waals surface area contributed by atoms with Crippen LogP contribution >= 0.6 is 0 Å². The van der Waals surface area contributed by atoms with E-state index in [1.54, 1.807) is 23.3 Å². The van der Waals surface area contributed by atoms with E-state index < -0.39 is 0 Å². The van der Waals surface area contributed by atoms with Crippen molar-refractivity contribution in [3.63, 3.8) is 0 Å². The Balaban J connectivity index is 1.40. The Morgan fingerprint density at radius 2 is 1.76 bits per heavy atom. The van der Waals surface area contributed by atoms with Crippen LogP contribution in [0, 0.1) is 0 Å². The minimum absolute atomic E-state index is 0.334. The number of rotatable bonds is 3. The molecule has 5 rings (SSSR count). The van der Waals surface area contributed by atoms with E-state index in [9.17, 15) is 0 Å². The van der Waals surface area contributed by atoms with Gasteiger partial charge in [-0.1, -0.05) is 18.2 Å². The minimum atomic E-state index is 0.334. The lowest BCUT2D eigenvalue weighted by atomic mass is 9.95. The third kappa shape index (κ3) is 2.42. The molecule has 0 bridgehead atoms. The van der Waals surface area contributed by atoms with Crippen molar-refractivity contribution in [2.24, 2.45) is 0 Å². The SMILES string of the molecule is c1ccc2nc(N3CC(c4nccnc4-n4cccn4)C3)ccc2c1. The van der Waals surface area contributed by atoms with Crippen molar-refractivity contribution in [2.75, 3.05) is 18.0 Å². The molecule has 0 saturated carbocycles. The van der Waals surface area contributed by atoms with Gasteiger partial charge in [0.25, 0.3) is 0 Å². The summed E-state index contributed by atoms with van der Waals surface area (Å²) in [5.41, 5.74) is 2.02. The largest absolute Gasteiger partial charge is 0.355 e. The Kier molecular flexibility index (Phi) is 3.19. The Morgan fingerprint density at radius 3 is 2.64 bits per heavy atom. The summed E-state index contributed by atoms with van der Waals surface area (Å²) < 4.78 is 1.78. The Labute approximate surface area is 144 Å². The van der Waals surface area contributed by atoms with Gasteiger partial charge in [0.1, 0.15) is 5.82 Å². The van der Waals surface area contributed by atoms with Crippen molar-refractivity contribution in [1.29, 1.82) is 0 Å². The first-order chi connectivity index (χ1) is 12.4. The summed E-state index contributed by atoms with van der Waals surface area (Å²) in [5.74, 6) is 2.16. The molecule has 1 fully saturated rings. The number of benzene rings is 1. The molecular weight excluding hydrogens is 312 g/mol. The molecule has 0 amide bonds. The smallest absolute Gasteiger partial charge is 0.175 e. The van der Waals surface area contributed by atoms with Crippen molar-refractivity contribution in [3.05, 3.63) is 72.9 Å². The van der Waals surface area contributed by atoms with Gasteiger partial charge in [-0.15, -0.1) is 0 Å². The lowest BCUT2D eigenvalue weighted by molar-refractivity contribution is 0.504. The fourth-order valence-electron chi connectivity index (χ4n) is 3.27. The molecule has 0 N–H and O–H groups in total. The normalized spacial score (nSPS) is 14.6. The zero-order valence-corrected chi connectivity index (χ0v) is 13.5. The molecule has 6 heteroatoms. The lowest BCUT2D eigenvalue weighted by Crippen LogP contribution is -2.46. The van der Waals surface area contributed by atoms with Crippen LogP contribution in [0.4, 0.5) is 5.82 Å². The summed E-state index contributed by atoms with van der Waals surface area (Å²) in [6, 6.07) is 14.3. The molecule has 0 spiro atoms.